The van der Waals surface area contributed by atoms with Crippen LogP contribution in [0.4, 0.5) is 13.2 Å². The summed E-state index contributed by atoms with van der Waals surface area (Å²) in [4.78, 5) is 31.4. The van der Waals surface area contributed by atoms with Crippen molar-refractivity contribution in [2.75, 3.05) is 26.2 Å². The van der Waals surface area contributed by atoms with Crippen molar-refractivity contribution in [2.24, 2.45) is 5.92 Å². The molecule has 1 aromatic carbocycles. The minimum Gasteiger partial charge on any atom is -0.462 e. The molecular formula is C22H26F3N3O3. The molecule has 0 radical (unpaired) electrons. The zero-order valence-electron chi connectivity index (χ0n) is 17.6. The van der Waals surface area contributed by atoms with Gasteiger partial charge in [0.05, 0.1) is 23.4 Å². The predicted octanol–water partition coefficient (Wildman–Crippen LogP) is 3.61. The van der Waals surface area contributed by atoms with Gasteiger partial charge in [0.1, 0.15) is 6.54 Å². The number of alkyl halides is 3. The Balaban J connectivity index is 1.73. The van der Waals surface area contributed by atoms with E-state index in [0.717, 1.165) is 16.5 Å². The van der Waals surface area contributed by atoms with Crippen molar-refractivity contribution in [3.05, 3.63) is 41.1 Å². The van der Waals surface area contributed by atoms with Gasteiger partial charge in [-0.2, -0.15) is 13.2 Å². The summed E-state index contributed by atoms with van der Waals surface area (Å²) in [6.07, 6.45) is -3.52. The average molecular weight is 437 g/mol. The molecule has 1 fully saturated rings. The Hall–Kier alpha value is -2.68. The molecule has 0 saturated carbocycles. The fourth-order valence-electron chi connectivity index (χ4n) is 3.93. The Morgan fingerprint density at radius 2 is 1.90 bits per heavy atom. The van der Waals surface area contributed by atoms with Crippen LogP contribution < -0.4 is 5.32 Å². The first-order chi connectivity index (χ1) is 14.7. The topological polar surface area (TPSA) is 71.5 Å². The van der Waals surface area contributed by atoms with E-state index in [1.54, 1.807) is 6.92 Å². The van der Waals surface area contributed by atoms with Gasteiger partial charge >= 0.3 is 12.1 Å². The quantitative estimate of drug-likeness (QED) is 0.699. The zero-order chi connectivity index (χ0) is 22.6. The number of likely N-dealkylation sites (tertiary alicyclic amines) is 1. The van der Waals surface area contributed by atoms with Gasteiger partial charge in [0.2, 0.25) is 5.91 Å². The number of amides is 1. The molecule has 0 atom stereocenters. The highest BCUT2D eigenvalue weighted by Gasteiger charge is 2.31. The average Bonchev–Trinajstić information content (AvgIpc) is 2.72. The first kappa shape index (κ1) is 23.0. The third-order valence-corrected chi connectivity index (χ3v) is 5.50. The van der Waals surface area contributed by atoms with Crippen molar-refractivity contribution >= 4 is 22.8 Å². The summed E-state index contributed by atoms with van der Waals surface area (Å²) in [5.74, 6) is -1.44. The number of hydrogen-bond donors (Lipinski definition) is 1. The lowest BCUT2D eigenvalue weighted by molar-refractivity contribution is -0.141. The number of halogens is 3. The number of nitrogens with zero attached hydrogens (tertiary/aromatic N) is 2. The Bertz CT molecular complexity index is 954. The summed E-state index contributed by atoms with van der Waals surface area (Å²) in [6, 6.07) is 7.57. The molecule has 168 valence electrons. The van der Waals surface area contributed by atoms with E-state index in [2.05, 4.69) is 4.90 Å². The van der Waals surface area contributed by atoms with Gasteiger partial charge in [-0.05, 0) is 51.4 Å². The van der Waals surface area contributed by atoms with Crippen molar-refractivity contribution in [3.8, 4) is 0 Å². The Morgan fingerprint density at radius 3 is 2.55 bits per heavy atom. The van der Waals surface area contributed by atoms with Gasteiger partial charge in [0, 0.05) is 17.8 Å². The van der Waals surface area contributed by atoms with E-state index in [0.29, 0.717) is 43.7 Å². The van der Waals surface area contributed by atoms with Gasteiger partial charge in [0.15, 0.2) is 0 Å². The van der Waals surface area contributed by atoms with Crippen LogP contribution in [0.25, 0.3) is 10.9 Å². The second kappa shape index (κ2) is 9.64. The van der Waals surface area contributed by atoms with Gasteiger partial charge in [-0.25, -0.2) is 4.79 Å². The van der Waals surface area contributed by atoms with Crippen molar-refractivity contribution in [2.45, 2.75) is 39.4 Å². The number of nitrogens with one attached hydrogen (secondary N) is 1. The number of benzene rings is 1. The number of carbonyl (C=O) groups is 2. The van der Waals surface area contributed by atoms with Crippen LogP contribution in [0.5, 0.6) is 0 Å². The number of aryl methyl sites for hydroxylation is 1. The number of hydrogen-bond acceptors (Lipinski definition) is 5. The number of aromatic nitrogens is 1. The van der Waals surface area contributed by atoms with Crippen LogP contribution in [-0.2, 0) is 16.1 Å². The standard InChI is InChI=1S/C22H26F3N3O3/c1-3-31-21(30)19-14(2)16-6-4-5-7-17(16)27-18(19)12-28-10-8-15(9-11-28)20(29)26-13-22(23,24)25/h4-7,15H,3,8-13H2,1-2H3,(H,26,29). The number of carbonyl (C=O) groups excluding carboxylic acids is 2. The van der Waals surface area contributed by atoms with E-state index in [-0.39, 0.29) is 6.61 Å². The van der Waals surface area contributed by atoms with Crippen molar-refractivity contribution < 1.29 is 27.5 Å². The number of ether oxygens (including phenoxy) is 1. The number of esters is 1. The molecule has 1 N–H and O–H groups in total. The maximum atomic E-state index is 12.6. The summed E-state index contributed by atoms with van der Waals surface area (Å²) in [6.45, 7) is 4.02. The molecule has 0 aliphatic carbocycles. The second-order valence-electron chi connectivity index (χ2n) is 7.68. The Labute approximate surface area is 178 Å². The third kappa shape index (κ3) is 5.72. The molecule has 1 amide bonds. The molecule has 1 aliphatic rings. The molecular weight excluding hydrogens is 411 g/mol. The SMILES string of the molecule is CCOC(=O)c1c(CN2CCC(C(=O)NCC(F)(F)F)CC2)nc2ccccc2c1C. The lowest BCUT2D eigenvalue weighted by Crippen LogP contribution is -2.43. The number of rotatable bonds is 6. The number of fused-ring (bicyclic) bond motifs is 1. The molecule has 1 saturated heterocycles. The van der Waals surface area contributed by atoms with Crippen molar-refractivity contribution in [3.63, 3.8) is 0 Å². The van der Waals surface area contributed by atoms with Crippen LogP contribution in [0, 0.1) is 12.8 Å². The molecule has 6 nitrogen and oxygen atoms in total. The minimum absolute atomic E-state index is 0.253. The molecule has 1 aromatic heterocycles. The van der Waals surface area contributed by atoms with Crippen LogP contribution in [0.1, 0.15) is 41.4 Å². The van der Waals surface area contributed by atoms with Gasteiger partial charge in [0.25, 0.3) is 0 Å². The number of piperidine rings is 1. The number of para-hydroxylation sites is 1. The first-order valence-corrected chi connectivity index (χ1v) is 10.3. The first-order valence-electron chi connectivity index (χ1n) is 10.3. The maximum absolute atomic E-state index is 12.6. The molecule has 31 heavy (non-hydrogen) atoms. The molecule has 0 spiro atoms. The monoisotopic (exact) mass is 437 g/mol. The van der Waals surface area contributed by atoms with Crippen molar-refractivity contribution in [1.82, 2.24) is 15.2 Å². The fourth-order valence-corrected chi connectivity index (χ4v) is 3.93. The van der Waals surface area contributed by atoms with Crippen LogP contribution >= 0.6 is 0 Å². The lowest BCUT2D eigenvalue weighted by atomic mass is 9.95. The van der Waals surface area contributed by atoms with Gasteiger partial charge in [-0.15, -0.1) is 0 Å². The van der Waals surface area contributed by atoms with E-state index >= 15 is 0 Å². The minimum atomic E-state index is -4.42. The smallest absolute Gasteiger partial charge is 0.405 e. The molecule has 2 aromatic rings. The highest BCUT2D eigenvalue weighted by molar-refractivity contribution is 5.98. The Kier molecular flexibility index (Phi) is 7.15. The molecule has 9 heteroatoms. The molecule has 3 rings (SSSR count). The molecule has 0 bridgehead atoms. The lowest BCUT2D eigenvalue weighted by Gasteiger charge is -2.31. The zero-order valence-corrected chi connectivity index (χ0v) is 17.6. The maximum Gasteiger partial charge on any atom is 0.405 e. The van der Waals surface area contributed by atoms with E-state index in [4.69, 9.17) is 9.72 Å². The second-order valence-corrected chi connectivity index (χ2v) is 7.68. The van der Waals surface area contributed by atoms with E-state index in [1.807, 2.05) is 36.5 Å². The van der Waals surface area contributed by atoms with Crippen molar-refractivity contribution in [1.29, 1.82) is 0 Å². The third-order valence-electron chi connectivity index (χ3n) is 5.50. The number of pyridine rings is 1. The summed E-state index contributed by atoms with van der Waals surface area (Å²) < 4.78 is 42.2. The van der Waals surface area contributed by atoms with Crippen LogP contribution in [0.3, 0.4) is 0 Å². The van der Waals surface area contributed by atoms with Gasteiger partial charge in [-0.3, -0.25) is 14.7 Å². The summed E-state index contributed by atoms with van der Waals surface area (Å²) in [7, 11) is 0. The van der Waals surface area contributed by atoms with E-state index in [9.17, 15) is 22.8 Å². The predicted molar refractivity (Wildman–Crippen MR) is 110 cm³/mol. The summed E-state index contributed by atoms with van der Waals surface area (Å²) in [5.41, 5.74) is 2.64. The Morgan fingerprint density at radius 1 is 1.23 bits per heavy atom. The van der Waals surface area contributed by atoms with Gasteiger partial charge in [-0.1, -0.05) is 18.2 Å². The molecule has 2 heterocycles. The van der Waals surface area contributed by atoms with E-state index < -0.39 is 30.5 Å². The van der Waals surface area contributed by atoms with Gasteiger partial charge < -0.3 is 10.1 Å². The summed E-state index contributed by atoms with van der Waals surface area (Å²) >= 11 is 0. The van der Waals surface area contributed by atoms with E-state index in [1.165, 1.54) is 0 Å². The normalized spacial score (nSPS) is 15.8. The molecule has 1 aliphatic heterocycles. The highest BCUT2D eigenvalue weighted by Crippen LogP contribution is 2.26. The fraction of sp³-hybridized carbons (Fsp3) is 0.500. The molecule has 0 unspecified atom stereocenters. The van der Waals surface area contributed by atoms with Crippen LogP contribution in [-0.4, -0.2) is 54.2 Å². The van der Waals surface area contributed by atoms with Crippen LogP contribution in [0.15, 0.2) is 24.3 Å². The highest BCUT2D eigenvalue weighted by atomic mass is 19.4. The van der Waals surface area contributed by atoms with Crippen LogP contribution in [0.2, 0.25) is 0 Å². The largest absolute Gasteiger partial charge is 0.462 e. The summed E-state index contributed by atoms with van der Waals surface area (Å²) in [5, 5.41) is 2.85.